The van der Waals surface area contributed by atoms with E-state index in [1.54, 1.807) is 24.3 Å². The van der Waals surface area contributed by atoms with Crippen LogP contribution in [0.4, 0.5) is 5.69 Å². The summed E-state index contributed by atoms with van der Waals surface area (Å²) in [6, 6.07) is 8.86. The first-order valence-corrected chi connectivity index (χ1v) is 10.8. The highest BCUT2D eigenvalue weighted by Crippen LogP contribution is 2.63. The molecule has 2 bridgehead atoms. The molecule has 1 heterocycles. The molecule has 6 rings (SSSR count). The van der Waals surface area contributed by atoms with E-state index in [0.29, 0.717) is 5.69 Å². The Morgan fingerprint density at radius 2 is 1.23 bits per heavy atom. The lowest BCUT2D eigenvalue weighted by Crippen LogP contribution is -2.58. The van der Waals surface area contributed by atoms with Gasteiger partial charge in [-0.1, -0.05) is 29.3 Å². The summed E-state index contributed by atoms with van der Waals surface area (Å²) in [5.74, 6) is -5.55. The summed E-state index contributed by atoms with van der Waals surface area (Å²) < 4.78 is 10.2. The minimum Gasteiger partial charge on any atom is -0.469 e. The minimum absolute atomic E-state index is 0.287. The van der Waals surface area contributed by atoms with Gasteiger partial charge in [-0.05, 0) is 37.8 Å². The van der Waals surface area contributed by atoms with E-state index in [4.69, 9.17) is 9.47 Å². The van der Waals surface area contributed by atoms with E-state index in [1.807, 2.05) is 6.07 Å². The standard InChI is InChI=1S/C24H25NO6/c1-30-23(28)19-15-13-10-6-7-11-14(13)16(20(19)24(29)31-2)18-17(15)21(26)25(22(18)27)12-8-4-3-5-9-12/h3-5,8-9,15-20H,6-7,10-11H2,1-2H3/t15-,16+,17+,18-,19-,20+. The molecule has 0 aromatic heterocycles. The number of methoxy groups -OCH3 is 2. The second-order valence-electron chi connectivity index (χ2n) is 8.81. The summed E-state index contributed by atoms with van der Waals surface area (Å²) >= 11 is 0. The Kier molecular flexibility index (Phi) is 4.72. The average Bonchev–Trinajstić information content (AvgIpc) is 3.09. The number of allylic oxidation sites excluding steroid dienone is 2. The number of rotatable bonds is 3. The molecule has 1 aliphatic heterocycles. The summed E-state index contributed by atoms with van der Waals surface area (Å²) in [6.07, 6.45) is 3.52. The highest BCUT2D eigenvalue weighted by atomic mass is 16.5. The molecule has 2 amide bonds. The topological polar surface area (TPSA) is 90.0 Å². The minimum atomic E-state index is -0.812. The number of amides is 2. The van der Waals surface area contributed by atoms with Crippen LogP contribution in [-0.2, 0) is 28.7 Å². The molecule has 1 saturated heterocycles. The predicted octanol–water partition coefficient (Wildman–Crippen LogP) is 2.50. The van der Waals surface area contributed by atoms with Crippen molar-refractivity contribution in [3.8, 4) is 0 Å². The lowest BCUT2D eigenvalue weighted by atomic mass is 9.47. The van der Waals surface area contributed by atoms with Crippen molar-refractivity contribution in [3.63, 3.8) is 0 Å². The molecule has 5 aliphatic rings. The number of imide groups is 1. The first-order chi connectivity index (χ1) is 15.0. The quantitative estimate of drug-likeness (QED) is 0.422. The third kappa shape index (κ3) is 2.65. The summed E-state index contributed by atoms with van der Waals surface area (Å²) in [7, 11) is 2.59. The van der Waals surface area contributed by atoms with E-state index >= 15 is 0 Å². The molecule has 6 atom stereocenters. The Labute approximate surface area is 180 Å². The number of hydrogen-bond acceptors (Lipinski definition) is 6. The third-order valence-electron chi connectivity index (χ3n) is 7.65. The molecule has 1 saturated carbocycles. The van der Waals surface area contributed by atoms with Gasteiger partial charge in [0.05, 0.1) is 43.6 Å². The molecule has 7 nitrogen and oxygen atoms in total. The highest BCUT2D eigenvalue weighted by Gasteiger charge is 2.69. The van der Waals surface area contributed by atoms with Crippen LogP contribution in [0.2, 0.25) is 0 Å². The van der Waals surface area contributed by atoms with Crippen molar-refractivity contribution in [2.75, 3.05) is 19.1 Å². The van der Waals surface area contributed by atoms with Crippen LogP contribution in [0.25, 0.3) is 0 Å². The number of para-hydroxylation sites is 1. The van der Waals surface area contributed by atoms with Gasteiger partial charge < -0.3 is 9.47 Å². The Bertz CT molecular complexity index is 939. The summed E-state index contributed by atoms with van der Waals surface area (Å²) in [5.41, 5.74) is 2.70. The summed E-state index contributed by atoms with van der Waals surface area (Å²) in [6.45, 7) is 0. The number of benzene rings is 1. The smallest absolute Gasteiger partial charge is 0.310 e. The van der Waals surface area contributed by atoms with Crippen LogP contribution in [0.5, 0.6) is 0 Å². The van der Waals surface area contributed by atoms with Gasteiger partial charge in [-0.3, -0.25) is 24.1 Å². The van der Waals surface area contributed by atoms with Gasteiger partial charge in [-0.15, -0.1) is 0 Å². The zero-order valence-electron chi connectivity index (χ0n) is 17.6. The molecule has 1 aromatic rings. The van der Waals surface area contributed by atoms with Gasteiger partial charge in [0.2, 0.25) is 11.8 Å². The molecule has 0 radical (unpaired) electrons. The fourth-order valence-electron chi connectivity index (χ4n) is 6.63. The van der Waals surface area contributed by atoms with Crippen LogP contribution in [0.3, 0.4) is 0 Å². The van der Waals surface area contributed by atoms with E-state index in [-0.39, 0.29) is 11.8 Å². The Morgan fingerprint density at radius 3 is 1.65 bits per heavy atom. The second-order valence-corrected chi connectivity index (χ2v) is 8.81. The summed E-state index contributed by atoms with van der Waals surface area (Å²) in [4.78, 5) is 54.4. The van der Waals surface area contributed by atoms with Crippen molar-refractivity contribution in [1.29, 1.82) is 0 Å². The Balaban J connectivity index is 1.69. The van der Waals surface area contributed by atoms with E-state index in [9.17, 15) is 19.2 Å². The first kappa shape index (κ1) is 20.0. The van der Waals surface area contributed by atoms with Crippen molar-refractivity contribution in [2.45, 2.75) is 25.7 Å². The van der Waals surface area contributed by atoms with Crippen molar-refractivity contribution < 1.29 is 28.7 Å². The average molecular weight is 423 g/mol. The maximum absolute atomic E-state index is 13.6. The van der Waals surface area contributed by atoms with Gasteiger partial charge >= 0.3 is 11.9 Å². The number of anilines is 1. The molecule has 2 fully saturated rings. The molecule has 7 heteroatoms. The van der Waals surface area contributed by atoms with E-state index < -0.39 is 47.4 Å². The fraction of sp³-hybridized carbons (Fsp3) is 0.500. The fourth-order valence-corrected chi connectivity index (χ4v) is 6.63. The lowest BCUT2D eigenvalue weighted by molar-refractivity contribution is -0.171. The number of fused-ring (bicyclic) bond motifs is 1. The molecule has 0 unspecified atom stereocenters. The molecule has 4 aliphatic carbocycles. The zero-order chi connectivity index (χ0) is 21.9. The van der Waals surface area contributed by atoms with Crippen LogP contribution >= 0.6 is 0 Å². The number of nitrogens with zero attached hydrogens (tertiary/aromatic N) is 1. The van der Waals surface area contributed by atoms with Crippen LogP contribution in [0.1, 0.15) is 25.7 Å². The van der Waals surface area contributed by atoms with Crippen molar-refractivity contribution in [2.24, 2.45) is 35.5 Å². The van der Waals surface area contributed by atoms with Crippen LogP contribution in [0.15, 0.2) is 41.5 Å². The van der Waals surface area contributed by atoms with Crippen molar-refractivity contribution in [1.82, 2.24) is 0 Å². The van der Waals surface area contributed by atoms with Crippen molar-refractivity contribution >= 4 is 29.4 Å². The van der Waals surface area contributed by atoms with E-state index in [1.165, 1.54) is 19.1 Å². The first-order valence-electron chi connectivity index (χ1n) is 10.8. The van der Waals surface area contributed by atoms with Gasteiger partial charge in [-0.25, -0.2) is 0 Å². The highest BCUT2D eigenvalue weighted by molar-refractivity contribution is 6.23. The number of ether oxygens (including phenoxy) is 2. The lowest BCUT2D eigenvalue weighted by Gasteiger charge is -2.53. The molecule has 31 heavy (non-hydrogen) atoms. The molecule has 0 spiro atoms. The number of carbonyl (C=O) groups excluding carboxylic acids is 4. The summed E-state index contributed by atoms with van der Waals surface area (Å²) in [5, 5.41) is 0. The third-order valence-corrected chi connectivity index (χ3v) is 7.65. The molecule has 0 N–H and O–H groups in total. The predicted molar refractivity (Wildman–Crippen MR) is 109 cm³/mol. The molecular formula is C24H25NO6. The van der Waals surface area contributed by atoms with Gasteiger partial charge in [0.15, 0.2) is 0 Å². The number of esters is 2. The largest absolute Gasteiger partial charge is 0.469 e. The maximum Gasteiger partial charge on any atom is 0.310 e. The molecule has 162 valence electrons. The van der Waals surface area contributed by atoms with E-state index in [0.717, 1.165) is 36.8 Å². The molecule has 1 aromatic carbocycles. The Hall–Kier alpha value is -2.96. The Morgan fingerprint density at radius 1 is 0.774 bits per heavy atom. The molecular weight excluding hydrogens is 398 g/mol. The van der Waals surface area contributed by atoms with Gasteiger partial charge in [0.1, 0.15) is 0 Å². The maximum atomic E-state index is 13.6. The normalized spacial score (nSPS) is 33.8. The SMILES string of the molecule is COC(=O)[C@@H]1[C@H](C(=O)OC)[C@@H]2C3=C(CCCC3)[C@H]1[C@H]1C(=O)N(c3ccccc3)C(=O)[C@H]12. The monoisotopic (exact) mass is 423 g/mol. The second kappa shape index (κ2) is 7.32. The van der Waals surface area contributed by atoms with Crippen molar-refractivity contribution in [3.05, 3.63) is 41.5 Å². The van der Waals surface area contributed by atoms with Gasteiger partial charge in [-0.2, -0.15) is 0 Å². The van der Waals surface area contributed by atoms with Crippen LogP contribution in [-0.4, -0.2) is 38.0 Å². The number of hydrogen-bond donors (Lipinski definition) is 0. The zero-order valence-corrected chi connectivity index (χ0v) is 17.6. The van der Waals surface area contributed by atoms with Gasteiger partial charge in [0, 0.05) is 11.8 Å². The van der Waals surface area contributed by atoms with E-state index in [2.05, 4.69) is 0 Å². The van der Waals surface area contributed by atoms with Gasteiger partial charge in [0.25, 0.3) is 0 Å². The number of carbonyl (C=O) groups is 4. The van der Waals surface area contributed by atoms with Crippen LogP contribution in [0, 0.1) is 35.5 Å². The van der Waals surface area contributed by atoms with Crippen LogP contribution < -0.4 is 4.90 Å².